The third-order valence-electron chi connectivity index (χ3n) is 7.91. The van der Waals surface area contributed by atoms with Crippen molar-refractivity contribution in [2.45, 2.75) is 157 Å². The number of hydrogen-bond donors (Lipinski definition) is 1. The van der Waals surface area contributed by atoms with E-state index in [0.717, 1.165) is 58.2 Å². The third-order valence-corrected chi connectivity index (χ3v) is 9.50. The van der Waals surface area contributed by atoms with Crippen LogP contribution in [0.3, 0.4) is 0 Å². The largest absolute Gasteiger partial charge is 0.405 e. The summed E-state index contributed by atoms with van der Waals surface area (Å²) in [6, 6.07) is 0. The van der Waals surface area contributed by atoms with Crippen LogP contribution in [0.4, 0.5) is 0 Å². The molecule has 0 aliphatic rings. The van der Waals surface area contributed by atoms with E-state index in [4.69, 9.17) is 9.05 Å². The first-order chi connectivity index (χ1) is 18.5. The minimum Gasteiger partial charge on any atom is -0.303 e. The topological polar surface area (TPSA) is 50.8 Å². The summed E-state index contributed by atoms with van der Waals surface area (Å²) in [5, 5.41) is 3.24. The van der Waals surface area contributed by atoms with Crippen molar-refractivity contribution in [3.63, 3.8) is 0 Å². The second-order valence-corrected chi connectivity index (χ2v) is 13.3. The molecule has 0 heterocycles. The van der Waals surface area contributed by atoms with Crippen molar-refractivity contribution in [1.29, 1.82) is 0 Å². The lowest BCUT2D eigenvalue weighted by Crippen LogP contribution is -2.32. The van der Waals surface area contributed by atoms with Gasteiger partial charge in [0.1, 0.15) is 0 Å². The Labute approximate surface area is 239 Å². The Kier molecular flexibility index (Phi) is 27.3. The van der Waals surface area contributed by atoms with Gasteiger partial charge in [0.05, 0.1) is 13.2 Å². The number of likely N-dealkylation sites (N-methyl/N-ethyl adjacent to an activating group) is 1. The molecule has 0 aliphatic heterocycles. The Balaban J connectivity index is 4.95. The van der Waals surface area contributed by atoms with E-state index < -0.39 is 7.75 Å². The van der Waals surface area contributed by atoms with Crippen LogP contribution in [0.2, 0.25) is 0 Å². The van der Waals surface area contributed by atoms with Gasteiger partial charge in [0.15, 0.2) is 0 Å². The van der Waals surface area contributed by atoms with Crippen LogP contribution in [0.5, 0.6) is 0 Å². The first-order valence-corrected chi connectivity index (χ1v) is 18.4. The fraction of sp³-hybridized carbons (Fsp3) is 1.00. The van der Waals surface area contributed by atoms with E-state index in [1.807, 2.05) is 0 Å². The highest BCUT2D eigenvalue weighted by Gasteiger charge is 2.27. The first kappa shape index (κ1) is 38.1. The molecule has 2 atom stereocenters. The van der Waals surface area contributed by atoms with Crippen LogP contribution >= 0.6 is 7.75 Å². The molecule has 0 aromatic carbocycles. The third kappa shape index (κ3) is 21.8. The molecular formula is C32H69N2O3P. The van der Waals surface area contributed by atoms with Crippen molar-refractivity contribution in [2.24, 2.45) is 11.8 Å². The Hall–Kier alpha value is 0.0700. The number of unbranched alkanes of at least 4 members (excludes halogenated alkanes) is 10. The summed E-state index contributed by atoms with van der Waals surface area (Å²) in [6.45, 7) is 17.9. The zero-order valence-electron chi connectivity index (χ0n) is 26.7. The van der Waals surface area contributed by atoms with Gasteiger partial charge in [0, 0.05) is 13.1 Å². The molecule has 5 nitrogen and oxygen atoms in total. The predicted octanol–water partition coefficient (Wildman–Crippen LogP) is 10.4. The van der Waals surface area contributed by atoms with Crippen molar-refractivity contribution >= 4 is 7.75 Å². The molecule has 2 unspecified atom stereocenters. The number of rotatable bonds is 30. The smallest absolute Gasteiger partial charge is 0.303 e. The standard InChI is InChI=1S/C32H69N2O3P/c1-7-13-15-17-19-21-25-31(23-9-3)29-36-38(35,33-27-28-34(11-5)12-6)37-30-32(24-10-4)26-22-20-18-16-14-8-2/h31-32H,7-30H2,1-6H3,(H,33,35). The van der Waals surface area contributed by atoms with Gasteiger partial charge in [-0.25, -0.2) is 9.65 Å². The summed E-state index contributed by atoms with van der Waals surface area (Å²) < 4.78 is 26.3. The Morgan fingerprint density at radius 1 is 0.579 bits per heavy atom. The van der Waals surface area contributed by atoms with E-state index >= 15 is 0 Å². The molecule has 230 valence electrons. The maximum Gasteiger partial charge on any atom is 0.405 e. The molecular weight excluding hydrogens is 491 g/mol. The van der Waals surface area contributed by atoms with Crippen LogP contribution in [0.25, 0.3) is 0 Å². The summed E-state index contributed by atoms with van der Waals surface area (Å²) in [7, 11) is -3.34. The molecule has 1 N–H and O–H groups in total. The molecule has 0 saturated carbocycles. The molecule has 0 aromatic heterocycles. The van der Waals surface area contributed by atoms with Crippen molar-refractivity contribution in [3.8, 4) is 0 Å². The van der Waals surface area contributed by atoms with Crippen LogP contribution in [0.15, 0.2) is 0 Å². The SMILES string of the molecule is CCCCCCCCC(CCC)COP(=O)(NCCN(CC)CC)OCC(CCC)CCCCCCCC. The summed E-state index contributed by atoms with van der Waals surface area (Å²) in [5.41, 5.74) is 0. The lowest BCUT2D eigenvalue weighted by Gasteiger charge is -2.26. The minimum absolute atomic E-state index is 0.460. The lowest BCUT2D eigenvalue weighted by atomic mass is 9.97. The second-order valence-electron chi connectivity index (χ2n) is 11.4. The highest BCUT2D eigenvalue weighted by molar-refractivity contribution is 7.51. The van der Waals surface area contributed by atoms with Gasteiger partial charge in [-0.1, -0.05) is 131 Å². The van der Waals surface area contributed by atoms with Gasteiger partial charge >= 0.3 is 7.75 Å². The molecule has 6 heteroatoms. The number of nitrogens with one attached hydrogen (secondary N) is 1. The van der Waals surface area contributed by atoms with Gasteiger partial charge in [-0.05, 0) is 50.6 Å². The monoisotopic (exact) mass is 561 g/mol. The van der Waals surface area contributed by atoms with Crippen LogP contribution < -0.4 is 5.09 Å². The van der Waals surface area contributed by atoms with E-state index in [0.29, 0.717) is 31.6 Å². The van der Waals surface area contributed by atoms with E-state index in [9.17, 15) is 4.57 Å². The van der Waals surface area contributed by atoms with Crippen molar-refractivity contribution < 1.29 is 13.6 Å². The fourth-order valence-corrected chi connectivity index (χ4v) is 6.73. The minimum atomic E-state index is -3.34. The van der Waals surface area contributed by atoms with Crippen LogP contribution in [-0.2, 0) is 13.6 Å². The fourth-order valence-electron chi connectivity index (χ4n) is 5.29. The number of nitrogens with zero attached hydrogens (tertiary/aromatic N) is 1. The predicted molar refractivity (Wildman–Crippen MR) is 168 cm³/mol. The van der Waals surface area contributed by atoms with E-state index in [2.05, 4.69) is 51.5 Å². The van der Waals surface area contributed by atoms with Gasteiger partial charge in [-0.3, -0.25) is 9.05 Å². The molecule has 0 bridgehead atoms. The van der Waals surface area contributed by atoms with E-state index in [1.165, 1.54) is 77.0 Å². The molecule has 0 aliphatic carbocycles. The summed E-state index contributed by atoms with van der Waals surface area (Å²) in [5.74, 6) is 0.921. The van der Waals surface area contributed by atoms with Gasteiger partial charge in [-0.2, -0.15) is 0 Å². The molecule has 0 spiro atoms. The van der Waals surface area contributed by atoms with Gasteiger partial charge in [-0.15, -0.1) is 0 Å². The van der Waals surface area contributed by atoms with Crippen molar-refractivity contribution in [2.75, 3.05) is 39.4 Å². The zero-order chi connectivity index (χ0) is 28.3. The van der Waals surface area contributed by atoms with Crippen molar-refractivity contribution in [3.05, 3.63) is 0 Å². The number of hydrogen-bond acceptors (Lipinski definition) is 4. The van der Waals surface area contributed by atoms with E-state index in [1.54, 1.807) is 0 Å². The molecule has 0 radical (unpaired) electrons. The maximum absolute atomic E-state index is 13.9. The Bertz CT molecular complexity index is 497. The van der Waals surface area contributed by atoms with Crippen LogP contribution in [0, 0.1) is 11.8 Å². The molecule has 0 amide bonds. The summed E-state index contributed by atoms with van der Waals surface area (Å²) in [4.78, 5) is 2.34. The van der Waals surface area contributed by atoms with Gasteiger partial charge < -0.3 is 4.90 Å². The highest BCUT2D eigenvalue weighted by Crippen LogP contribution is 2.45. The Morgan fingerprint density at radius 3 is 1.39 bits per heavy atom. The summed E-state index contributed by atoms with van der Waals surface area (Å²) in [6.07, 6.45) is 22.6. The second kappa shape index (κ2) is 27.3. The summed E-state index contributed by atoms with van der Waals surface area (Å²) >= 11 is 0. The normalized spacial score (nSPS) is 15.1. The highest BCUT2D eigenvalue weighted by atomic mass is 31.2. The zero-order valence-corrected chi connectivity index (χ0v) is 27.6. The molecule has 0 rings (SSSR count). The van der Waals surface area contributed by atoms with Gasteiger partial charge in [0.25, 0.3) is 0 Å². The van der Waals surface area contributed by atoms with Gasteiger partial charge in [0.2, 0.25) is 0 Å². The molecule has 0 saturated heterocycles. The van der Waals surface area contributed by atoms with Crippen molar-refractivity contribution in [1.82, 2.24) is 9.99 Å². The maximum atomic E-state index is 13.9. The van der Waals surface area contributed by atoms with Crippen LogP contribution in [0.1, 0.15) is 157 Å². The molecule has 38 heavy (non-hydrogen) atoms. The van der Waals surface area contributed by atoms with E-state index in [-0.39, 0.29) is 0 Å². The molecule has 0 fully saturated rings. The lowest BCUT2D eigenvalue weighted by molar-refractivity contribution is 0.140. The first-order valence-electron chi connectivity index (χ1n) is 16.8. The Morgan fingerprint density at radius 2 is 1.00 bits per heavy atom. The average Bonchev–Trinajstić information content (AvgIpc) is 2.92. The average molecular weight is 561 g/mol. The van der Waals surface area contributed by atoms with Crippen LogP contribution in [-0.4, -0.2) is 44.3 Å². The quantitative estimate of drug-likeness (QED) is 0.0699. The molecule has 0 aromatic rings.